The van der Waals surface area contributed by atoms with Gasteiger partial charge in [0.05, 0.1) is 0 Å². The van der Waals surface area contributed by atoms with E-state index in [2.05, 4.69) is 48.5 Å². The molecule has 1 saturated carbocycles. The van der Waals surface area contributed by atoms with E-state index < -0.39 is 0 Å². The third-order valence-corrected chi connectivity index (χ3v) is 5.85. The van der Waals surface area contributed by atoms with Crippen LogP contribution in [0.15, 0.2) is 0 Å². The van der Waals surface area contributed by atoms with Crippen LogP contribution >= 0.6 is 27.7 Å². The van der Waals surface area contributed by atoms with Crippen LogP contribution in [0.3, 0.4) is 0 Å². The first-order valence-electron chi connectivity index (χ1n) is 6.37. The summed E-state index contributed by atoms with van der Waals surface area (Å²) < 4.78 is 0. The molecule has 0 aromatic carbocycles. The lowest BCUT2D eigenvalue weighted by Gasteiger charge is -2.35. The van der Waals surface area contributed by atoms with Crippen LogP contribution in [0.25, 0.3) is 0 Å². The zero-order chi connectivity index (χ0) is 11.3. The van der Waals surface area contributed by atoms with E-state index in [1.807, 2.05) is 0 Å². The minimum atomic E-state index is 0.796. The molecule has 0 N–H and O–H groups in total. The van der Waals surface area contributed by atoms with Gasteiger partial charge in [-0.15, -0.1) is 0 Å². The van der Waals surface area contributed by atoms with Crippen molar-refractivity contribution in [3.8, 4) is 0 Å². The molecular weight excluding hydrogens is 268 g/mol. The maximum atomic E-state index is 3.87. The van der Waals surface area contributed by atoms with Gasteiger partial charge in [0.15, 0.2) is 0 Å². The average molecular weight is 293 g/mol. The molecule has 1 aliphatic carbocycles. The van der Waals surface area contributed by atoms with Gasteiger partial charge in [0, 0.05) is 4.83 Å². The van der Waals surface area contributed by atoms with Crippen molar-refractivity contribution in [2.75, 3.05) is 11.5 Å². The smallest absolute Gasteiger partial charge is 0.0174 e. The van der Waals surface area contributed by atoms with Crippen LogP contribution in [-0.2, 0) is 0 Å². The molecule has 0 nitrogen and oxygen atoms in total. The summed E-state index contributed by atoms with van der Waals surface area (Å²) in [4.78, 5) is 0.796. The quantitative estimate of drug-likeness (QED) is 0.509. The first-order valence-corrected chi connectivity index (χ1v) is 8.44. The van der Waals surface area contributed by atoms with Crippen molar-refractivity contribution in [3.05, 3.63) is 0 Å². The summed E-state index contributed by atoms with van der Waals surface area (Å²) in [5, 5.41) is 0. The Bertz CT molecular complexity index is 170. The molecule has 0 aliphatic heterocycles. The van der Waals surface area contributed by atoms with Crippen LogP contribution < -0.4 is 0 Å². The topological polar surface area (TPSA) is 0 Å². The van der Waals surface area contributed by atoms with E-state index in [0.29, 0.717) is 0 Å². The van der Waals surface area contributed by atoms with Gasteiger partial charge in [0.2, 0.25) is 0 Å². The minimum Gasteiger partial charge on any atom is -0.162 e. The van der Waals surface area contributed by atoms with E-state index in [4.69, 9.17) is 0 Å². The van der Waals surface area contributed by atoms with Crippen LogP contribution in [0.1, 0.15) is 46.5 Å². The second kappa shape index (κ2) is 7.21. The lowest BCUT2D eigenvalue weighted by Crippen LogP contribution is -2.28. The molecule has 0 amide bonds. The summed E-state index contributed by atoms with van der Waals surface area (Å²) >= 11 is 5.97. The van der Waals surface area contributed by atoms with Crippen molar-refractivity contribution >= 4 is 27.7 Å². The normalized spacial score (nSPS) is 32.2. The zero-order valence-electron chi connectivity index (χ0n) is 10.3. The Labute approximate surface area is 108 Å². The molecule has 90 valence electrons. The molecule has 1 aliphatic rings. The van der Waals surface area contributed by atoms with Gasteiger partial charge in [-0.2, -0.15) is 11.8 Å². The van der Waals surface area contributed by atoms with E-state index >= 15 is 0 Å². The summed E-state index contributed by atoms with van der Waals surface area (Å²) in [6, 6.07) is 0. The van der Waals surface area contributed by atoms with E-state index in [0.717, 1.165) is 22.6 Å². The van der Waals surface area contributed by atoms with Crippen LogP contribution in [0, 0.1) is 17.8 Å². The van der Waals surface area contributed by atoms with Crippen molar-refractivity contribution in [2.24, 2.45) is 17.8 Å². The second-order valence-corrected chi connectivity index (χ2v) is 7.65. The van der Waals surface area contributed by atoms with Crippen LogP contribution in [0.4, 0.5) is 0 Å². The predicted octanol–water partition coefficient (Wildman–Crippen LogP) is 4.97. The first-order chi connectivity index (χ1) is 7.15. The van der Waals surface area contributed by atoms with E-state index in [-0.39, 0.29) is 0 Å². The first kappa shape index (κ1) is 13.9. The Hall–Kier alpha value is 0.830. The van der Waals surface area contributed by atoms with Crippen molar-refractivity contribution in [3.63, 3.8) is 0 Å². The van der Waals surface area contributed by atoms with Gasteiger partial charge in [-0.3, -0.25) is 0 Å². The number of rotatable bonds is 5. The second-order valence-electron chi connectivity index (χ2n) is 5.08. The predicted molar refractivity (Wildman–Crippen MR) is 76.0 cm³/mol. The maximum absolute atomic E-state index is 3.87. The molecule has 0 radical (unpaired) electrons. The Morgan fingerprint density at radius 3 is 2.67 bits per heavy atom. The van der Waals surface area contributed by atoms with Crippen LogP contribution in [-0.4, -0.2) is 16.3 Å². The summed E-state index contributed by atoms with van der Waals surface area (Å²) in [5.41, 5.74) is 0. The fraction of sp³-hybridized carbons (Fsp3) is 1.00. The van der Waals surface area contributed by atoms with E-state index in [1.54, 1.807) is 0 Å². The largest absolute Gasteiger partial charge is 0.162 e. The van der Waals surface area contributed by atoms with Crippen molar-refractivity contribution in [2.45, 2.75) is 51.3 Å². The highest BCUT2D eigenvalue weighted by Crippen LogP contribution is 2.39. The van der Waals surface area contributed by atoms with Gasteiger partial charge in [-0.1, -0.05) is 36.7 Å². The molecule has 2 heteroatoms. The summed E-state index contributed by atoms with van der Waals surface area (Å²) in [6.07, 6.45) is 5.70. The van der Waals surface area contributed by atoms with Crippen LogP contribution in [0.2, 0.25) is 0 Å². The molecular formula is C13H25BrS. The van der Waals surface area contributed by atoms with Gasteiger partial charge in [0.1, 0.15) is 0 Å². The Morgan fingerprint density at radius 1 is 1.33 bits per heavy atom. The zero-order valence-corrected chi connectivity index (χ0v) is 12.7. The molecule has 0 bridgehead atoms. The fourth-order valence-electron chi connectivity index (χ4n) is 2.55. The molecule has 3 atom stereocenters. The van der Waals surface area contributed by atoms with Crippen LogP contribution in [0.5, 0.6) is 0 Å². The molecule has 1 fully saturated rings. The number of hydrogen-bond donors (Lipinski definition) is 0. The highest BCUT2D eigenvalue weighted by molar-refractivity contribution is 9.09. The van der Waals surface area contributed by atoms with E-state index in [9.17, 15) is 0 Å². The van der Waals surface area contributed by atoms with E-state index in [1.165, 1.54) is 37.2 Å². The molecule has 3 unspecified atom stereocenters. The molecule has 0 spiro atoms. The minimum absolute atomic E-state index is 0.796. The maximum Gasteiger partial charge on any atom is 0.0174 e. The molecule has 0 heterocycles. The number of thioether (sulfide) groups is 1. The standard InChI is InChI=1S/C13H25BrS/c1-4-15-8-7-12-9-11(10(2)3)5-6-13(12)14/h10-13H,4-9H2,1-3H3. The van der Waals surface area contributed by atoms with Crippen molar-refractivity contribution in [1.82, 2.24) is 0 Å². The van der Waals surface area contributed by atoms with Gasteiger partial charge < -0.3 is 0 Å². The van der Waals surface area contributed by atoms with Gasteiger partial charge in [-0.05, 0) is 54.9 Å². The summed E-state index contributed by atoms with van der Waals surface area (Å²) in [7, 11) is 0. The monoisotopic (exact) mass is 292 g/mol. The SMILES string of the molecule is CCSCCC1CC(C(C)C)CCC1Br. The lowest BCUT2D eigenvalue weighted by molar-refractivity contribution is 0.220. The Balaban J connectivity index is 2.32. The van der Waals surface area contributed by atoms with Gasteiger partial charge in [0.25, 0.3) is 0 Å². The lowest BCUT2D eigenvalue weighted by atomic mass is 9.75. The molecule has 0 aromatic heterocycles. The highest BCUT2D eigenvalue weighted by Gasteiger charge is 2.29. The third kappa shape index (κ3) is 4.68. The number of alkyl halides is 1. The van der Waals surface area contributed by atoms with Gasteiger partial charge in [-0.25, -0.2) is 0 Å². The van der Waals surface area contributed by atoms with Crippen molar-refractivity contribution < 1.29 is 0 Å². The highest BCUT2D eigenvalue weighted by atomic mass is 79.9. The molecule has 1 rings (SSSR count). The third-order valence-electron chi connectivity index (χ3n) is 3.71. The Kier molecular flexibility index (Phi) is 6.68. The molecule has 0 saturated heterocycles. The number of hydrogen-bond acceptors (Lipinski definition) is 1. The summed E-state index contributed by atoms with van der Waals surface area (Å²) in [6.45, 7) is 7.03. The fourth-order valence-corrected chi connectivity index (χ4v) is 4.05. The average Bonchev–Trinajstić information content (AvgIpc) is 2.20. The Morgan fingerprint density at radius 2 is 2.07 bits per heavy atom. The van der Waals surface area contributed by atoms with Crippen molar-refractivity contribution in [1.29, 1.82) is 0 Å². The molecule has 15 heavy (non-hydrogen) atoms. The number of halogens is 1. The molecule has 0 aromatic rings. The summed E-state index contributed by atoms with van der Waals surface area (Å²) in [5.74, 6) is 5.42. The van der Waals surface area contributed by atoms with Gasteiger partial charge >= 0.3 is 0 Å².